The summed E-state index contributed by atoms with van der Waals surface area (Å²) in [6.45, 7) is 3.45. The lowest BCUT2D eigenvalue weighted by Gasteiger charge is -2.33. The fourth-order valence-corrected chi connectivity index (χ4v) is 3.48. The molecule has 0 saturated heterocycles. The third-order valence-electron chi connectivity index (χ3n) is 5.11. The van der Waals surface area contributed by atoms with Crippen LogP contribution in [-0.4, -0.2) is 13.6 Å². The van der Waals surface area contributed by atoms with Gasteiger partial charge in [0, 0.05) is 0 Å². The van der Waals surface area contributed by atoms with Gasteiger partial charge >= 0.3 is 0 Å². The molecule has 0 bridgehead atoms. The SMILES string of the molecule is CCCCCCCCCC[N+](C)(c1ccccc1)c1ccccc1. The second-order valence-corrected chi connectivity index (χ2v) is 7.06. The van der Waals surface area contributed by atoms with E-state index in [0.29, 0.717) is 0 Å². The van der Waals surface area contributed by atoms with Crippen LogP contribution >= 0.6 is 0 Å². The quantitative estimate of drug-likeness (QED) is 0.305. The summed E-state index contributed by atoms with van der Waals surface area (Å²) in [7, 11) is 2.35. The Bertz CT molecular complexity index is 507. The Kier molecular flexibility index (Phi) is 8.04. The Hall–Kier alpha value is -1.60. The van der Waals surface area contributed by atoms with E-state index in [0.717, 1.165) is 4.48 Å². The lowest BCUT2D eigenvalue weighted by molar-refractivity contribution is 0.429. The first kappa shape index (κ1) is 18.7. The number of hydrogen-bond donors (Lipinski definition) is 0. The van der Waals surface area contributed by atoms with Gasteiger partial charge in [-0.15, -0.1) is 0 Å². The zero-order valence-electron chi connectivity index (χ0n) is 15.6. The standard InChI is InChI=1S/C23H34N/c1-3-4-5-6-7-8-9-16-21-24(2,22-17-12-10-13-18-22)23-19-14-11-15-20-23/h10-15,17-20H,3-9,16,21H2,1-2H3/q+1. The maximum absolute atomic E-state index is 2.35. The molecule has 0 aliphatic heterocycles. The van der Waals surface area contributed by atoms with Crippen molar-refractivity contribution in [2.24, 2.45) is 0 Å². The predicted octanol–water partition coefficient (Wildman–Crippen LogP) is 7.10. The molecule has 1 nitrogen and oxygen atoms in total. The number of para-hydroxylation sites is 2. The van der Waals surface area contributed by atoms with Crippen molar-refractivity contribution < 1.29 is 0 Å². The second-order valence-electron chi connectivity index (χ2n) is 7.06. The lowest BCUT2D eigenvalue weighted by Crippen LogP contribution is -2.40. The molecule has 0 aliphatic carbocycles. The molecule has 2 aromatic rings. The number of unbranched alkanes of at least 4 members (excludes halogenated alkanes) is 7. The van der Waals surface area contributed by atoms with Crippen LogP contribution in [0.15, 0.2) is 60.7 Å². The average molecular weight is 325 g/mol. The molecule has 2 rings (SSSR count). The highest BCUT2D eigenvalue weighted by Crippen LogP contribution is 2.32. The fraction of sp³-hybridized carbons (Fsp3) is 0.478. The first-order chi connectivity index (χ1) is 11.8. The highest BCUT2D eigenvalue weighted by Gasteiger charge is 2.27. The molecule has 0 radical (unpaired) electrons. The van der Waals surface area contributed by atoms with Crippen LogP contribution in [0.1, 0.15) is 58.3 Å². The second kappa shape index (κ2) is 10.3. The van der Waals surface area contributed by atoms with Crippen molar-refractivity contribution in [1.29, 1.82) is 0 Å². The summed E-state index contributed by atoms with van der Waals surface area (Å²) in [5.74, 6) is 0. The summed E-state index contributed by atoms with van der Waals surface area (Å²) in [6, 6.07) is 21.9. The number of quaternary nitrogens is 1. The number of hydrogen-bond acceptors (Lipinski definition) is 0. The first-order valence-electron chi connectivity index (χ1n) is 9.74. The normalized spacial score (nSPS) is 11.6. The molecular formula is C23H34N+. The molecule has 1 heteroatoms. The zero-order chi connectivity index (χ0) is 17.1. The van der Waals surface area contributed by atoms with Gasteiger partial charge < -0.3 is 0 Å². The number of nitrogens with zero attached hydrogens (tertiary/aromatic N) is 1. The van der Waals surface area contributed by atoms with Crippen LogP contribution in [0.3, 0.4) is 0 Å². The van der Waals surface area contributed by atoms with Gasteiger partial charge in [-0.1, -0.05) is 81.8 Å². The van der Waals surface area contributed by atoms with E-state index in [-0.39, 0.29) is 0 Å². The summed E-state index contributed by atoms with van der Waals surface area (Å²) >= 11 is 0. The van der Waals surface area contributed by atoms with Crippen LogP contribution in [0.2, 0.25) is 0 Å². The minimum atomic E-state index is 0.900. The first-order valence-corrected chi connectivity index (χ1v) is 9.74. The molecule has 0 atom stereocenters. The Morgan fingerprint density at radius 3 is 1.46 bits per heavy atom. The molecule has 0 amide bonds. The van der Waals surface area contributed by atoms with Gasteiger partial charge in [0.25, 0.3) is 0 Å². The van der Waals surface area contributed by atoms with Gasteiger partial charge in [-0.25, -0.2) is 0 Å². The smallest absolute Gasteiger partial charge is 0.137 e. The van der Waals surface area contributed by atoms with E-state index < -0.39 is 0 Å². The maximum Gasteiger partial charge on any atom is 0.137 e. The van der Waals surface area contributed by atoms with E-state index in [1.807, 2.05) is 0 Å². The van der Waals surface area contributed by atoms with Gasteiger partial charge in [-0.3, -0.25) is 4.48 Å². The highest BCUT2D eigenvalue weighted by molar-refractivity contribution is 5.57. The molecule has 0 aliphatic rings. The van der Waals surface area contributed by atoms with Crippen molar-refractivity contribution in [2.45, 2.75) is 58.3 Å². The summed E-state index contributed by atoms with van der Waals surface area (Å²) in [6.07, 6.45) is 11.0. The van der Waals surface area contributed by atoms with E-state index in [1.54, 1.807) is 0 Å². The van der Waals surface area contributed by atoms with E-state index in [2.05, 4.69) is 74.6 Å². The Labute approximate surface area is 148 Å². The molecule has 0 N–H and O–H groups in total. The van der Waals surface area contributed by atoms with Crippen molar-refractivity contribution >= 4 is 11.4 Å². The largest absolute Gasteiger partial charge is 0.261 e. The highest BCUT2D eigenvalue weighted by atomic mass is 15.3. The van der Waals surface area contributed by atoms with Crippen LogP contribution in [0.4, 0.5) is 11.4 Å². The van der Waals surface area contributed by atoms with Crippen LogP contribution in [0.5, 0.6) is 0 Å². The third-order valence-corrected chi connectivity index (χ3v) is 5.11. The Morgan fingerprint density at radius 2 is 1.00 bits per heavy atom. The van der Waals surface area contributed by atoms with Crippen LogP contribution < -0.4 is 4.48 Å². The topological polar surface area (TPSA) is 0 Å². The Morgan fingerprint density at radius 1 is 0.583 bits per heavy atom. The van der Waals surface area contributed by atoms with Gasteiger partial charge in [0.05, 0.1) is 13.6 Å². The number of rotatable bonds is 11. The van der Waals surface area contributed by atoms with Crippen molar-refractivity contribution in [3.05, 3.63) is 60.7 Å². The van der Waals surface area contributed by atoms with Crippen LogP contribution in [-0.2, 0) is 0 Å². The third kappa shape index (κ3) is 5.49. The molecule has 0 saturated carbocycles. The van der Waals surface area contributed by atoms with Gasteiger partial charge in [0.15, 0.2) is 0 Å². The predicted molar refractivity (Wildman–Crippen MR) is 108 cm³/mol. The van der Waals surface area contributed by atoms with Gasteiger partial charge in [0.2, 0.25) is 0 Å². The Balaban J connectivity index is 1.91. The molecule has 130 valence electrons. The lowest BCUT2D eigenvalue weighted by atomic mass is 10.1. The molecule has 0 unspecified atom stereocenters. The molecule has 0 aromatic heterocycles. The number of benzene rings is 2. The fourth-order valence-electron chi connectivity index (χ4n) is 3.48. The monoisotopic (exact) mass is 324 g/mol. The zero-order valence-corrected chi connectivity index (χ0v) is 15.6. The van der Waals surface area contributed by atoms with Crippen molar-refractivity contribution in [2.75, 3.05) is 13.6 Å². The van der Waals surface area contributed by atoms with Crippen molar-refractivity contribution in [1.82, 2.24) is 4.48 Å². The minimum Gasteiger partial charge on any atom is -0.261 e. The molecule has 0 fully saturated rings. The molecule has 24 heavy (non-hydrogen) atoms. The summed E-state index contributed by atoms with van der Waals surface area (Å²) in [4.78, 5) is 0. The molecular weight excluding hydrogens is 290 g/mol. The van der Waals surface area contributed by atoms with Crippen LogP contribution in [0.25, 0.3) is 0 Å². The minimum absolute atomic E-state index is 0.900. The maximum atomic E-state index is 2.35. The van der Waals surface area contributed by atoms with E-state index in [1.165, 1.54) is 69.3 Å². The van der Waals surface area contributed by atoms with Gasteiger partial charge in [0.1, 0.15) is 11.4 Å². The van der Waals surface area contributed by atoms with Crippen LogP contribution in [0, 0.1) is 0 Å². The van der Waals surface area contributed by atoms with E-state index in [9.17, 15) is 0 Å². The summed E-state index contributed by atoms with van der Waals surface area (Å²) in [5.41, 5.74) is 2.76. The van der Waals surface area contributed by atoms with E-state index >= 15 is 0 Å². The molecule has 2 aromatic carbocycles. The van der Waals surface area contributed by atoms with Gasteiger partial charge in [-0.2, -0.15) is 0 Å². The molecule has 0 heterocycles. The van der Waals surface area contributed by atoms with Crippen molar-refractivity contribution in [3.63, 3.8) is 0 Å². The summed E-state index contributed by atoms with van der Waals surface area (Å²) in [5, 5.41) is 0. The van der Waals surface area contributed by atoms with E-state index in [4.69, 9.17) is 0 Å². The van der Waals surface area contributed by atoms with Crippen molar-refractivity contribution in [3.8, 4) is 0 Å². The summed E-state index contributed by atoms with van der Waals surface area (Å²) < 4.78 is 0.900. The molecule has 0 spiro atoms. The average Bonchev–Trinajstić information content (AvgIpc) is 2.65. The van der Waals surface area contributed by atoms with Gasteiger partial charge in [-0.05, 0) is 37.1 Å².